The van der Waals surface area contributed by atoms with Crippen LogP contribution in [0.3, 0.4) is 0 Å². The summed E-state index contributed by atoms with van der Waals surface area (Å²) in [4.78, 5) is 25.7. The number of hydrogen-bond acceptors (Lipinski definition) is 6. The van der Waals surface area contributed by atoms with E-state index < -0.39 is 11.3 Å². The number of anilines is 1. The average molecular weight is 366 g/mol. The molecule has 1 unspecified atom stereocenters. The van der Waals surface area contributed by atoms with Crippen LogP contribution >= 0.6 is 11.8 Å². The summed E-state index contributed by atoms with van der Waals surface area (Å²) in [5, 5.41) is 13.8. The van der Waals surface area contributed by atoms with E-state index in [0.29, 0.717) is 6.04 Å². The lowest BCUT2D eigenvalue weighted by Crippen LogP contribution is -2.41. The molecule has 1 atom stereocenters. The summed E-state index contributed by atoms with van der Waals surface area (Å²) in [7, 11) is 1.48. The SMILES string of the molecule is CNC(=O)NC(=O)C(C)Sc1nnc(N2CCC(C)CC2)n1C1CC1. The van der Waals surface area contributed by atoms with Crippen LogP contribution in [0.1, 0.15) is 45.6 Å². The molecular formula is C16H26N6O2S. The third-order valence-electron chi connectivity index (χ3n) is 4.74. The highest BCUT2D eigenvalue weighted by Gasteiger charge is 2.33. The van der Waals surface area contributed by atoms with Crippen molar-refractivity contribution < 1.29 is 9.59 Å². The van der Waals surface area contributed by atoms with Crippen molar-refractivity contribution in [3.63, 3.8) is 0 Å². The number of nitrogens with one attached hydrogen (secondary N) is 2. The summed E-state index contributed by atoms with van der Waals surface area (Å²) in [6.45, 7) is 6.07. The Morgan fingerprint density at radius 1 is 1.20 bits per heavy atom. The van der Waals surface area contributed by atoms with Gasteiger partial charge in [0.1, 0.15) is 0 Å². The Morgan fingerprint density at radius 3 is 2.48 bits per heavy atom. The van der Waals surface area contributed by atoms with Gasteiger partial charge in [-0.1, -0.05) is 18.7 Å². The molecule has 1 aromatic rings. The normalized spacial score (nSPS) is 19.6. The maximum absolute atomic E-state index is 12.1. The molecular weight excluding hydrogens is 340 g/mol. The van der Waals surface area contributed by atoms with Crippen LogP contribution in [0.25, 0.3) is 0 Å². The van der Waals surface area contributed by atoms with Crippen molar-refractivity contribution >= 4 is 29.6 Å². The Bertz CT molecular complexity index is 637. The predicted molar refractivity (Wildman–Crippen MR) is 96.8 cm³/mol. The maximum atomic E-state index is 12.1. The van der Waals surface area contributed by atoms with Gasteiger partial charge in [-0.05, 0) is 38.5 Å². The number of aromatic nitrogens is 3. The Morgan fingerprint density at radius 2 is 1.88 bits per heavy atom. The summed E-state index contributed by atoms with van der Waals surface area (Å²) in [5.41, 5.74) is 0. The highest BCUT2D eigenvalue weighted by Crippen LogP contribution is 2.42. The second-order valence-electron chi connectivity index (χ2n) is 6.88. The van der Waals surface area contributed by atoms with E-state index in [0.717, 1.165) is 43.0 Å². The van der Waals surface area contributed by atoms with Gasteiger partial charge in [-0.3, -0.25) is 14.7 Å². The molecule has 138 valence electrons. The van der Waals surface area contributed by atoms with Gasteiger partial charge in [-0.15, -0.1) is 10.2 Å². The van der Waals surface area contributed by atoms with E-state index in [1.165, 1.54) is 31.7 Å². The van der Waals surface area contributed by atoms with Crippen LogP contribution in [0.4, 0.5) is 10.7 Å². The minimum Gasteiger partial charge on any atom is -0.341 e. The first-order valence-corrected chi connectivity index (χ1v) is 9.76. The van der Waals surface area contributed by atoms with E-state index in [-0.39, 0.29) is 5.91 Å². The van der Waals surface area contributed by atoms with Gasteiger partial charge in [0.2, 0.25) is 11.9 Å². The minimum atomic E-state index is -0.496. The van der Waals surface area contributed by atoms with E-state index in [2.05, 4.69) is 37.2 Å². The van der Waals surface area contributed by atoms with Gasteiger partial charge >= 0.3 is 6.03 Å². The monoisotopic (exact) mass is 366 g/mol. The van der Waals surface area contributed by atoms with Gasteiger partial charge in [-0.2, -0.15) is 0 Å². The smallest absolute Gasteiger partial charge is 0.321 e. The van der Waals surface area contributed by atoms with Crippen LogP contribution in [-0.2, 0) is 4.79 Å². The molecule has 0 radical (unpaired) electrons. The van der Waals surface area contributed by atoms with Crippen molar-refractivity contribution in [2.75, 3.05) is 25.0 Å². The molecule has 3 rings (SSSR count). The van der Waals surface area contributed by atoms with Gasteiger partial charge in [0.05, 0.1) is 5.25 Å². The molecule has 2 N–H and O–H groups in total. The molecule has 2 heterocycles. The second kappa shape index (κ2) is 7.63. The highest BCUT2D eigenvalue weighted by atomic mass is 32.2. The fraction of sp³-hybridized carbons (Fsp3) is 0.750. The second-order valence-corrected chi connectivity index (χ2v) is 8.19. The van der Waals surface area contributed by atoms with Crippen LogP contribution in [0.5, 0.6) is 0 Å². The molecule has 1 saturated carbocycles. The van der Waals surface area contributed by atoms with Crippen molar-refractivity contribution in [1.82, 2.24) is 25.4 Å². The number of thioether (sulfide) groups is 1. The zero-order valence-electron chi connectivity index (χ0n) is 15.0. The molecule has 0 spiro atoms. The molecule has 0 bridgehead atoms. The lowest BCUT2D eigenvalue weighted by molar-refractivity contribution is -0.119. The molecule has 1 aliphatic carbocycles. The Labute approximate surface area is 152 Å². The van der Waals surface area contributed by atoms with Crippen LogP contribution in [-0.4, -0.2) is 52.1 Å². The summed E-state index contributed by atoms with van der Waals surface area (Å²) >= 11 is 1.36. The van der Waals surface area contributed by atoms with Crippen molar-refractivity contribution in [3.05, 3.63) is 0 Å². The first kappa shape index (κ1) is 18.0. The third kappa shape index (κ3) is 4.26. The molecule has 1 aliphatic heterocycles. The molecule has 25 heavy (non-hydrogen) atoms. The number of piperidine rings is 1. The van der Waals surface area contributed by atoms with Crippen LogP contribution in [0.15, 0.2) is 5.16 Å². The number of carbonyl (C=O) groups is 2. The van der Waals surface area contributed by atoms with Crippen molar-refractivity contribution in [1.29, 1.82) is 0 Å². The lowest BCUT2D eigenvalue weighted by atomic mass is 10.00. The molecule has 9 heteroatoms. The third-order valence-corrected chi connectivity index (χ3v) is 5.80. The molecule has 1 saturated heterocycles. The van der Waals surface area contributed by atoms with Crippen LogP contribution in [0.2, 0.25) is 0 Å². The fourth-order valence-electron chi connectivity index (χ4n) is 2.91. The van der Waals surface area contributed by atoms with Gasteiger partial charge in [-0.25, -0.2) is 4.79 Å². The number of urea groups is 1. The first-order chi connectivity index (χ1) is 12.0. The van der Waals surface area contributed by atoms with Gasteiger partial charge in [0.15, 0.2) is 5.16 Å². The highest BCUT2D eigenvalue weighted by molar-refractivity contribution is 8.00. The molecule has 3 amide bonds. The number of hydrogen-bond donors (Lipinski definition) is 2. The Hall–Kier alpha value is -1.77. The quantitative estimate of drug-likeness (QED) is 0.772. The molecule has 2 aliphatic rings. The maximum Gasteiger partial charge on any atom is 0.321 e. The minimum absolute atomic E-state index is 0.331. The first-order valence-electron chi connectivity index (χ1n) is 8.88. The Balaban J connectivity index is 1.71. The number of carbonyl (C=O) groups excluding carboxylic acids is 2. The van der Waals surface area contributed by atoms with E-state index >= 15 is 0 Å². The van der Waals surface area contributed by atoms with Gasteiger partial charge < -0.3 is 10.2 Å². The van der Waals surface area contributed by atoms with Crippen molar-refractivity contribution in [2.45, 2.75) is 56.0 Å². The zero-order valence-corrected chi connectivity index (χ0v) is 15.8. The number of amides is 3. The largest absolute Gasteiger partial charge is 0.341 e. The summed E-state index contributed by atoms with van der Waals surface area (Å²) in [5.74, 6) is 1.36. The molecule has 8 nitrogen and oxygen atoms in total. The van der Waals surface area contributed by atoms with E-state index in [9.17, 15) is 9.59 Å². The predicted octanol–water partition coefficient (Wildman–Crippen LogP) is 1.79. The summed E-state index contributed by atoms with van der Waals surface area (Å²) < 4.78 is 2.18. The average Bonchev–Trinajstić information content (AvgIpc) is 3.36. The topological polar surface area (TPSA) is 92.2 Å². The van der Waals surface area contributed by atoms with Crippen LogP contribution < -0.4 is 15.5 Å². The zero-order chi connectivity index (χ0) is 18.0. The van der Waals surface area contributed by atoms with Gasteiger partial charge in [0.25, 0.3) is 0 Å². The molecule has 0 aromatic carbocycles. The number of rotatable bonds is 5. The van der Waals surface area contributed by atoms with E-state index in [4.69, 9.17) is 0 Å². The van der Waals surface area contributed by atoms with Crippen molar-refractivity contribution in [3.8, 4) is 0 Å². The lowest BCUT2D eigenvalue weighted by Gasteiger charge is -2.31. The molecule has 2 fully saturated rings. The standard InChI is InChI=1S/C16H26N6O2S/c1-10-6-8-21(9-7-10)15-19-20-16(22(15)12-4-5-12)25-11(2)13(23)18-14(24)17-3/h10-12H,4-9H2,1-3H3,(H2,17,18,23,24). The fourth-order valence-corrected chi connectivity index (χ4v) is 3.83. The Kier molecular flexibility index (Phi) is 5.51. The van der Waals surface area contributed by atoms with Crippen LogP contribution in [0, 0.1) is 5.92 Å². The number of nitrogens with zero attached hydrogens (tertiary/aromatic N) is 4. The van der Waals surface area contributed by atoms with E-state index in [1.54, 1.807) is 6.92 Å². The molecule has 1 aromatic heterocycles. The summed E-state index contributed by atoms with van der Waals surface area (Å²) in [6.07, 6.45) is 4.60. The summed E-state index contributed by atoms with van der Waals surface area (Å²) in [6, 6.07) is -0.0645. The van der Waals surface area contributed by atoms with Crippen molar-refractivity contribution in [2.24, 2.45) is 5.92 Å². The van der Waals surface area contributed by atoms with Gasteiger partial charge in [0, 0.05) is 26.2 Å². The number of imide groups is 1. The van der Waals surface area contributed by atoms with E-state index in [1.807, 2.05) is 0 Å².